The number of hydrogen-bond acceptors (Lipinski definition) is 3. The van der Waals surface area contributed by atoms with Crippen LogP contribution >= 0.6 is 15.9 Å². The molecule has 2 aromatic heterocycles. The van der Waals surface area contributed by atoms with E-state index in [1.54, 1.807) is 47.6 Å². The van der Waals surface area contributed by atoms with E-state index < -0.39 is 5.82 Å². The number of aromatic amines is 1. The van der Waals surface area contributed by atoms with E-state index in [0.717, 1.165) is 17.3 Å². The Hall–Kier alpha value is -2.67. The number of halogens is 2. The van der Waals surface area contributed by atoms with E-state index in [9.17, 15) is 9.18 Å². The predicted molar refractivity (Wildman–Crippen MR) is 112 cm³/mol. The highest BCUT2D eigenvalue weighted by molar-refractivity contribution is 9.10. The van der Waals surface area contributed by atoms with Gasteiger partial charge in [0.05, 0.1) is 11.6 Å². The molecule has 7 heteroatoms. The van der Waals surface area contributed by atoms with Crippen molar-refractivity contribution in [3.63, 3.8) is 0 Å². The van der Waals surface area contributed by atoms with Crippen LogP contribution in [0.2, 0.25) is 0 Å². The fourth-order valence-electron chi connectivity index (χ4n) is 3.76. The molecule has 150 valence electrons. The number of ether oxygens (including phenoxy) is 1. The summed E-state index contributed by atoms with van der Waals surface area (Å²) in [4.78, 5) is 22.4. The Balaban J connectivity index is 1.59. The van der Waals surface area contributed by atoms with Crippen molar-refractivity contribution < 1.29 is 13.9 Å². The van der Waals surface area contributed by atoms with Gasteiger partial charge in [0, 0.05) is 40.7 Å². The van der Waals surface area contributed by atoms with Gasteiger partial charge in [-0.1, -0.05) is 6.07 Å². The van der Waals surface area contributed by atoms with Gasteiger partial charge in [0.1, 0.15) is 11.9 Å². The first-order valence-electron chi connectivity index (χ1n) is 9.56. The van der Waals surface area contributed by atoms with Crippen LogP contribution in [0.25, 0.3) is 11.3 Å². The lowest BCUT2D eigenvalue weighted by molar-refractivity contribution is 0.0266. The number of hydrogen-bond donors (Lipinski definition) is 1. The summed E-state index contributed by atoms with van der Waals surface area (Å²) in [6.07, 6.45) is 4.86. The minimum atomic E-state index is -0.421. The zero-order valence-corrected chi connectivity index (χ0v) is 17.5. The van der Waals surface area contributed by atoms with Gasteiger partial charge in [-0.05, 0) is 66.0 Å². The third-order valence-corrected chi connectivity index (χ3v) is 5.73. The number of piperidine rings is 1. The van der Waals surface area contributed by atoms with E-state index in [0.29, 0.717) is 29.2 Å². The highest BCUT2D eigenvalue weighted by Crippen LogP contribution is 2.30. The first-order valence-corrected chi connectivity index (χ1v) is 10.4. The Kier molecular flexibility index (Phi) is 5.67. The molecule has 1 aliphatic heterocycles. The molecule has 1 N–H and O–H groups in total. The number of nitrogens with one attached hydrogen (secondary N) is 1. The highest BCUT2D eigenvalue weighted by Gasteiger charge is 2.34. The molecule has 1 aliphatic rings. The lowest BCUT2D eigenvalue weighted by Gasteiger charge is -2.39. The molecule has 0 bridgehead atoms. The van der Waals surface area contributed by atoms with Gasteiger partial charge >= 0.3 is 0 Å². The monoisotopic (exact) mass is 457 g/mol. The van der Waals surface area contributed by atoms with Crippen molar-refractivity contribution in [2.45, 2.75) is 31.9 Å². The van der Waals surface area contributed by atoms with Crippen LogP contribution in [-0.4, -0.2) is 39.5 Å². The molecule has 0 spiro atoms. The van der Waals surface area contributed by atoms with Gasteiger partial charge in [0.25, 0.3) is 5.91 Å². The van der Waals surface area contributed by atoms with E-state index in [2.05, 4.69) is 25.9 Å². The van der Waals surface area contributed by atoms with Crippen molar-refractivity contribution in [1.82, 2.24) is 14.9 Å². The highest BCUT2D eigenvalue weighted by atomic mass is 79.9. The topological polar surface area (TPSA) is 58.2 Å². The van der Waals surface area contributed by atoms with Crippen molar-refractivity contribution >= 4 is 21.8 Å². The molecule has 0 unspecified atom stereocenters. The average Bonchev–Trinajstić information content (AvgIpc) is 3.25. The van der Waals surface area contributed by atoms with Gasteiger partial charge in [-0.25, -0.2) is 9.37 Å². The zero-order valence-electron chi connectivity index (χ0n) is 15.9. The lowest BCUT2D eigenvalue weighted by Crippen LogP contribution is -2.51. The van der Waals surface area contributed by atoms with E-state index in [4.69, 9.17) is 4.74 Å². The van der Waals surface area contributed by atoms with Crippen molar-refractivity contribution in [2.24, 2.45) is 0 Å². The van der Waals surface area contributed by atoms with Gasteiger partial charge in [0.15, 0.2) is 0 Å². The summed E-state index contributed by atoms with van der Waals surface area (Å²) < 4.78 is 21.5. The number of H-pyrrole nitrogens is 1. The first-order chi connectivity index (χ1) is 14.0. The molecule has 0 radical (unpaired) electrons. The number of amides is 1. The quantitative estimate of drug-likeness (QED) is 0.596. The fourth-order valence-corrected chi connectivity index (χ4v) is 3.99. The summed E-state index contributed by atoms with van der Waals surface area (Å²) in [5, 5.41) is 0. The van der Waals surface area contributed by atoms with Gasteiger partial charge in [-0.2, -0.15) is 0 Å². The minimum Gasteiger partial charge on any atom is -0.472 e. The van der Waals surface area contributed by atoms with E-state index in [-0.39, 0.29) is 18.1 Å². The van der Waals surface area contributed by atoms with Crippen molar-refractivity contribution in [2.75, 3.05) is 6.54 Å². The minimum absolute atomic E-state index is 0.165. The molecule has 2 atom stereocenters. The van der Waals surface area contributed by atoms with Crippen molar-refractivity contribution in [1.29, 1.82) is 0 Å². The molecule has 0 aliphatic carbocycles. The number of aromatic nitrogens is 2. The van der Waals surface area contributed by atoms with E-state index >= 15 is 0 Å². The van der Waals surface area contributed by atoms with Crippen LogP contribution in [0.1, 0.15) is 30.1 Å². The smallest absolute Gasteiger partial charge is 0.255 e. The number of rotatable bonds is 4. The number of nitrogens with zero attached hydrogens (tertiary/aromatic N) is 2. The summed E-state index contributed by atoms with van der Waals surface area (Å²) in [6.45, 7) is 2.57. The lowest BCUT2D eigenvalue weighted by atomic mass is 9.96. The van der Waals surface area contributed by atoms with Crippen LogP contribution in [0.15, 0.2) is 59.3 Å². The number of likely N-dealkylation sites (tertiary alicyclic amines) is 1. The molecule has 1 aromatic carbocycles. The predicted octanol–water partition coefficient (Wildman–Crippen LogP) is 5.05. The maximum atomic E-state index is 14.6. The molecule has 1 amide bonds. The van der Waals surface area contributed by atoms with Crippen LogP contribution in [0.4, 0.5) is 4.39 Å². The Morgan fingerprint density at radius 2 is 2.14 bits per heavy atom. The van der Waals surface area contributed by atoms with Gasteiger partial charge < -0.3 is 14.6 Å². The Bertz CT molecular complexity index is 992. The third kappa shape index (κ3) is 4.05. The summed E-state index contributed by atoms with van der Waals surface area (Å²) in [7, 11) is 0. The number of pyridine rings is 1. The maximum Gasteiger partial charge on any atom is 0.255 e. The second-order valence-corrected chi connectivity index (χ2v) is 8.01. The summed E-state index contributed by atoms with van der Waals surface area (Å²) in [5.41, 5.74) is 1.23. The van der Waals surface area contributed by atoms with Crippen molar-refractivity contribution in [3.8, 4) is 17.1 Å². The second kappa shape index (κ2) is 8.37. The molecule has 3 aromatic rings. The van der Waals surface area contributed by atoms with E-state index in [1.807, 2.05) is 13.0 Å². The number of carbonyl (C=O) groups is 1. The van der Waals surface area contributed by atoms with Crippen molar-refractivity contribution in [3.05, 3.63) is 70.7 Å². The van der Waals surface area contributed by atoms with Gasteiger partial charge in [-0.3, -0.25) is 4.79 Å². The molecule has 4 rings (SSSR count). The summed E-state index contributed by atoms with van der Waals surface area (Å²) in [5.74, 6) is -0.0920. The molecule has 1 saturated heterocycles. The molecule has 5 nitrogen and oxygen atoms in total. The SMILES string of the molecule is C[C@H]1[C@H](Oc2ccc(Br)cn2)CCCN1C(=O)c1cccc(F)c1-c1ccc[nH]1. The Morgan fingerprint density at radius 1 is 1.28 bits per heavy atom. The Morgan fingerprint density at radius 3 is 2.86 bits per heavy atom. The molecular weight excluding hydrogens is 437 g/mol. The van der Waals surface area contributed by atoms with Gasteiger partial charge in [0.2, 0.25) is 5.88 Å². The van der Waals surface area contributed by atoms with Crippen LogP contribution in [0, 0.1) is 5.82 Å². The fraction of sp³-hybridized carbons (Fsp3) is 0.273. The maximum absolute atomic E-state index is 14.6. The number of benzene rings is 1. The Labute approximate surface area is 177 Å². The van der Waals surface area contributed by atoms with Crippen LogP contribution < -0.4 is 4.74 Å². The zero-order chi connectivity index (χ0) is 20.4. The van der Waals surface area contributed by atoms with Crippen LogP contribution in [0.3, 0.4) is 0 Å². The first kappa shape index (κ1) is 19.6. The second-order valence-electron chi connectivity index (χ2n) is 7.10. The summed E-state index contributed by atoms with van der Waals surface area (Å²) in [6, 6.07) is 11.7. The molecule has 0 saturated carbocycles. The average molecular weight is 458 g/mol. The standard InChI is InChI=1S/C22H21BrFN3O2/c1-14-19(29-20-10-9-15(23)13-26-20)8-4-12-27(14)22(28)16-5-2-6-17(24)21(16)18-7-3-11-25-18/h2-3,5-7,9-11,13-14,19,25H,4,8,12H2,1H3/t14-,19+/m0/s1. The largest absolute Gasteiger partial charge is 0.472 e. The van der Waals surface area contributed by atoms with Crippen LogP contribution in [-0.2, 0) is 0 Å². The third-order valence-electron chi connectivity index (χ3n) is 5.26. The number of carbonyl (C=O) groups excluding carboxylic acids is 1. The normalized spacial score (nSPS) is 19.2. The van der Waals surface area contributed by atoms with E-state index in [1.165, 1.54) is 6.07 Å². The summed E-state index contributed by atoms with van der Waals surface area (Å²) >= 11 is 3.36. The molecule has 1 fully saturated rings. The van der Waals surface area contributed by atoms with Gasteiger partial charge in [-0.15, -0.1) is 0 Å². The van der Waals surface area contributed by atoms with Crippen LogP contribution in [0.5, 0.6) is 5.88 Å². The molecule has 29 heavy (non-hydrogen) atoms. The molecular formula is C22H21BrFN3O2. The molecule has 3 heterocycles.